The lowest BCUT2D eigenvalue weighted by atomic mass is 9.86. The zero-order valence-corrected chi connectivity index (χ0v) is 19.9. The third-order valence-electron chi connectivity index (χ3n) is 6.39. The highest BCUT2D eigenvalue weighted by Gasteiger charge is 2.29. The smallest absolute Gasteiger partial charge is 0.223 e. The molecule has 0 unspecified atom stereocenters. The van der Waals surface area contributed by atoms with Gasteiger partial charge in [0.15, 0.2) is 5.65 Å². The van der Waals surface area contributed by atoms with Gasteiger partial charge in [0.05, 0.1) is 5.69 Å². The standard InChI is InChI=1S/C24H35N7O/c1-15(2)21-22(18-7-10-30(11-8-18)20(32)6-9-25-16(3)4)28-29-23(21)19-12-17(5)24-26-14-27-31(24)13-19/h12-16,18,25H,6-11H2,1-5H3,(H,28,29). The largest absolute Gasteiger partial charge is 0.343 e. The first-order valence-corrected chi connectivity index (χ1v) is 11.7. The molecular formula is C24H35N7O. The maximum absolute atomic E-state index is 12.6. The van der Waals surface area contributed by atoms with Gasteiger partial charge < -0.3 is 10.2 Å². The van der Waals surface area contributed by atoms with Crippen LogP contribution >= 0.6 is 0 Å². The molecule has 1 saturated heterocycles. The van der Waals surface area contributed by atoms with Crippen molar-refractivity contribution in [1.82, 2.24) is 35.0 Å². The van der Waals surface area contributed by atoms with Crippen molar-refractivity contribution in [3.05, 3.63) is 35.4 Å². The fourth-order valence-electron chi connectivity index (χ4n) is 4.75. The van der Waals surface area contributed by atoms with Crippen LogP contribution in [0.4, 0.5) is 0 Å². The molecule has 0 saturated carbocycles. The lowest BCUT2D eigenvalue weighted by molar-refractivity contribution is -0.132. The maximum Gasteiger partial charge on any atom is 0.223 e. The molecule has 0 spiro atoms. The monoisotopic (exact) mass is 437 g/mol. The molecule has 0 atom stereocenters. The minimum atomic E-state index is 0.252. The molecule has 4 rings (SSSR count). The van der Waals surface area contributed by atoms with Crippen LogP contribution in [0.25, 0.3) is 16.9 Å². The first-order valence-electron chi connectivity index (χ1n) is 11.7. The van der Waals surface area contributed by atoms with Crippen LogP contribution in [0.15, 0.2) is 18.6 Å². The van der Waals surface area contributed by atoms with Crippen LogP contribution in [-0.4, -0.2) is 61.3 Å². The number of nitrogens with zero attached hydrogens (tertiary/aromatic N) is 5. The summed E-state index contributed by atoms with van der Waals surface area (Å²) < 4.78 is 1.82. The van der Waals surface area contributed by atoms with Gasteiger partial charge in [-0.25, -0.2) is 9.50 Å². The number of carbonyl (C=O) groups is 1. The Bertz CT molecular complexity index is 1070. The molecule has 1 aliphatic heterocycles. The molecule has 0 radical (unpaired) electrons. The molecule has 1 amide bonds. The summed E-state index contributed by atoms with van der Waals surface area (Å²) in [5, 5.41) is 15.8. The Morgan fingerprint density at radius 3 is 2.69 bits per heavy atom. The number of hydrogen-bond donors (Lipinski definition) is 2. The summed E-state index contributed by atoms with van der Waals surface area (Å²) >= 11 is 0. The zero-order valence-electron chi connectivity index (χ0n) is 19.9. The Morgan fingerprint density at radius 2 is 2.00 bits per heavy atom. The van der Waals surface area contributed by atoms with Crippen molar-refractivity contribution in [2.45, 2.75) is 71.8 Å². The third-order valence-corrected chi connectivity index (χ3v) is 6.39. The predicted molar refractivity (Wildman–Crippen MR) is 126 cm³/mol. The Labute approximate surface area is 189 Å². The molecule has 8 heteroatoms. The molecule has 3 aromatic heterocycles. The number of piperidine rings is 1. The molecule has 0 bridgehead atoms. The fraction of sp³-hybridized carbons (Fsp3) is 0.583. The molecule has 8 nitrogen and oxygen atoms in total. The Kier molecular flexibility index (Phi) is 6.60. The lowest BCUT2D eigenvalue weighted by Crippen LogP contribution is -2.39. The van der Waals surface area contributed by atoms with E-state index in [1.54, 1.807) is 6.33 Å². The number of likely N-dealkylation sites (tertiary alicyclic amines) is 1. The number of aromatic amines is 1. The van der Waals surface area contributed by atoms with Gasteiger partial charge in [0, 0.05) is 61.0 Å². The summed E-state index contributed by atoms with van der Waals surface area (Å²) in [5.41, 5.74) is 6.50. The second-order valence-corrected chi connectivity index (χ2v) is 9.51. The average Bonchev–Trinajstić information content (AvgIpc) is 3.41. The number of H-pyrrole nitrogens is 1. The van der Waals surface area contributed by atoms with Crippen molar-refractivity contribution in [1.29, 1.82) is 0 Å². The summed E-state index contributed by atoms with van der Waals surface area (Å²) in [5.74, 6) is 0.984. The van der Waals surface area contributed by atoms with Crippen LogP contribution in [-0.2, 0) is 4.79 Å². The molecule has 1 fully saturated rings. The highest BCUT2D eigenvalue weighted by Crippen LogP contribution is 2.37. The molecule has 0 aromatic carbocycles. The van der Waals surface area contributed by atoms with Gasteiger partial charge >= 0.3 is 0 Å². The topological polar surface area (TPSA) is 91.2 Å². The molecule has 2 N–H and O–H groups in total. The number of pyridine rings is 1. The van der Waals surface area contributed by atoms with Crippen molar-refractivity contribution >= 4 is 11.6 Å². The Balaban J connectivity index is 1.50. The van der Waals surface area contributed by atoms with Gasteiger partial charge in [-0.15, -0.1) is 0 Å². The number of carbonyl (C=O) groups excluding carboxylic acids is 1. The number of amides is 1. The summed E-state index contributed by atoms with van der Waals surface area (Å²) in [6.07, 6.45) is 6.09. The molecule has 172 valence electrons. The van der Waals surface area contributed by atoms with E-state index in [-0.39, 0.29) is 5.91 Å². The van der Waals surface area contributed by atoms with Crippen LogP contribution in [0, 0.1) is 6.92 Å². The first-order chi connectivity index (χ1) is 15.3. The van der Waals surface area contributed by atoms with E-state index in [2.05, 4.69) is 61.2 Å². The maximum atomic E-state index is 12.6. The van der Waals surface area contributed by atoms with Gasteiger partial charge in [0.1, 0.15) is 6.33 Å². The van der Waals surface area contributed by atoms with E-state index in [0.717, 1.165) is 54.9 Å². The third kappa shape index (κ3) is 4.55. The van der Waals surface area contributed by atoms with E-state index in [0.29, 0.717) is 24.3 Å². The zero-order chi connectivity index (χ0) is 22.8. The number of fused-ring (bicyclic) bond motifs is 1. The summed E-state index contributed by atoms with van der Waals surface area (Å²) in [6, 6.07) is 2.55. The lowest BCUT2D eigenvalue weighted by Gasteiger charge is -2.32. The molecule has 1 aliphatic rings. The van der Waals surface area contributed by atoms with E-state index in [1.807, 2.05) is 15.6 Å². The van der Waals surface area contributed by atoms with Crippen molar-refractivity contribution in [2.24, 2.45) is 0 Å². The van der Waals surface area contributed by atoms with E-state index in [9.17, 15) is 4.79 Å². The highest BCUT2D eigenvalue weighted by molar-refractivity contribution is 5.76. The van der Waals surface area contributed by atoms with Gasteiger partial charge in [-0.2, -0.15) is 10.2 Å². The van der Waals surface area contributed by atoms with Crippen LogP contribution in [0.3, 0.4) is 0 Å². The number of rotatable bonds is 7. The minimum Gasteiger partial charge on any atom is -0.343 e. The van der Waals surface area contributed by atoms with Crippen LogP contribution in [0.1, 0.15) is 75.6 Å². The Morgan fingerprint density at radius 1 is 1.25 bits per heavy atom. The Hall–Kier alpha value is -2.74. The van der Waals surface area contributed by atoms with Gasteiger partial charge in [-0.05, 0) is 37.3 Å². The summed E-state index contributed by atoms with van der Waals surface area (Å²) in [7, 11) is 0. The van der Waals surface area contributed by atoms with Crippen LogP contribution in [0.5, 0.6) is 0 Å². The fourth-order valence-corrected chi connectivity index (χ4v) is 4.75. The van der Waals surface area contributed by atoms with Crippen molar-refractivity contribution in [3.8, 4) is 11.3 Å². The average molecular weight is 438 g/mol. The van der Waals surface area contributed by atoms with E-state index >= 15 is 0 Å². The molecule has 32 heavy (non-hydrogen) atoms. The molecule has 3 aromatic rings. The second kappa shape index (κ2) is 9.40. The van der Waals surface area contributed by atoms with E-state index < -0.39 is 0 Å². The van der Waals surface area contributed by atoms with Crippen molar-refractivity contribution < 1.29 is 4.79 Å². The second-order valence-electron chi connectivity index (χ2n) is 9.51. The number of aromatic nitrogens is 5. The number of hydrogen-bond acceptors (Lipinski definition) is 5. The molecular weight excluding hydrogens is 402 g/mol. The summed E-state index contributed by atoms with van der Waals surface area (Å²) in [4.78, 5) is 18.9. The van der Waals surface area contributed by atoms with Gasteiger partial charge in [0.2, 0.25) is 5.91 Å². The predicted octanol–water partition coefficient (Wildman–Crippen LogP) is 3.65. The van der Waals surface area contributed by atoms with Gasteiger partial charge in [0.25, 0.3) is 0 Å². The molecule has 0 aliphatic carbocycles. The first kappa shape index (κ1) is 22.5. The summed E-state index contributed by atoms with van der Waals surface area (Å²) in [6.45, 7) is 13.1. The van der Waals surface area contributed by atoms with E-state index in [1.165, 1.54) is 11.3 Å². The molecule has 4 heterocycles. The minimum absolute atomic E-state index is 0.252. The normalized spacial score (nSPS) is 15.4. The van der Waals surface area contributed by atoms with Gasteiger partial charge in [-0.1, -0.05) is 27.7 Å². The number of aryl methyl sites for hydroxylation is 1. The number of nitrogens with one attached hydrogen (secondary N) is 2. The van der Waals surface area contributed by atoms with Crippen molar-refractivity contribution in [3.63, 3.8) is 0 Å². The van der Waals surface area contributed by atoms with E-state index in [4.69, 9.17) is 5.10 Å². The van der Waals surface area contributed by atoms with Crippen LogP contribution < -0.4 is 5.32 Å². The van der Waals surface area contributed by atoms with Crippen molar-refractivity contribution in [2.75, 3.05) is 19.6 Å². The van der Waals surface area contributed by atoms with Gasteiger partial charge in [-0.3, -0.25) is 9.89 Å². The highest BCUT2D eigenvalue weighted by atomic mass is 16.2. The quantitative estimate of drug-likeness (QED) is 0.589. The van der Waals surface area contributed by atoms with Crippen LogP contribution in [0.2, 0.25) is 0 Å². The SMILES string of the molecule is Cc1cc(-c2n[nH]c(C3CCN(C(=O)CCNC(C)C)CC3)c2C(C)C)cn2ncnc12.